The van der Waals surface area contributed by atoms with Crippen molar-refractivity contribution in [2.24, 2.45) is 5.92 Å². The number of benzene rings is 1. The highest BCUT2D eigenvalue weighted by Crippen LogP contribution is 2.46. The fourth-order valence-electron chi connectivity index (χ4n) is 2.68. The van der Waals surface area contributed by atoms with Crippen LogP contribution in [0.3, 0.4) is 0 Å². The zero-order chi connectivity index (χ0) is 12.8. The molecule has 1 aromatic rings. The topological polar surface area (TPSA) is 20.2 Å². The first-order valence-electron chi connectivity index (χ1n) is 5.63. The van der Waals surface area contributed by atoms with Crippen LogP contribution in [0, 0.1) is 12.8 Å². The minimum Gasteiger partial charge on any atom is -0.385 e. The lowest BCUT2D eigenvalue weighted by Crippen LogP contribution is -2.40. The van der Waals surface area contributed by atoms with E-state index in [1.54, 1.807) is 6.92 Å². The highest BCUT2D eigenvalue weighted by Gasteiger charge is 2.43. The van der Waals surface area contributed by atoms with Crippen molar-refractivity contribution in [2.75, 3.05) is 0 Å². The third-order valence-corrected chi connectivity index (χ3v) is 3.43. The molecule has 0 atom stereocenters. The van der Waals surface area contributed by atoms with Crippen LogP contribution in [0.1, 0.15) is 36.5 Å². The number of rotatable bonds is 1. The average Bonchev–Trinajstić information content (AvgIpc) is 2.13. The molecule has 17 heavy (non-hydrogen) atoms. The van der Waals surface area contributed by atoms with E-state index >= 15 is 0 Å². The van der Waals surface area contributed by atoms with E-state index in [4.69, 9.17) is 0 Å². The van der Waals surface area contributed by atoms with Crippen molar-refractivity contribution in [1.82, 2.24) is 0 Å². The Bertz CT molecular complexity index is 431. The lowest BCUT2D eigenvalue weighted by atomic mass is 9.67. The van der Waals surface area contributed by atoms with E-state index in [1.165, 1.54) is 6.07 Å². The fourth-order valence-corrected chi connectivity index (χ4v) is 2.68. The second-order valence-electron chi connectivity index (χ2n) is 5.07. The summed E-state index contributed by atoms with van der Waals surface area (Å²) in [4.78, 5) is 0. The standard InChI is InChI=1S/C13H15F3O/c1-8-6-12(17,7-8)11-4-3-10(5-9(11)2)13(14,15)16/h3-5,8,17H,6-7H2,1-2H3. The Hall–Kier alpha value is -1.03. The van der Waals surface area contributed by atoms with E-state index in [0.717, 1.165) is 12.1 Å². The summed E-state index contributed by atoms with van der Waals surface area (Å²) in [6.45, 7) is 3.64. The molecule has 0 radical (unpaired) electrons. The number of alkyl halides is 3. The van der Waals surface area contributed by atoms with E-state index in [-0.39, 0.29) is 0 Å². The Labute approximate surface area is 98.3 Å². The third-order valence-electron chi connectivity index (χ3n) is 3.43. The smallest absolute Gasteiger partial charge is 0.385 e. The van der Waals surface area contributed by atoms with Gasteiger partial charge < -0.3 is 5.11 Å². The van der Waals surface area contributed by atoms with Gasteiger partial charge in [0.1, 0.15) is 0 Å². The molecule has 0 saturated heterocycles. The van der Waals surface area contributed by atoms with E-state index < -0.39 is 17.3 Å². The Morgan fingerprint density at radius 3 is 2.29 bits per heavy atom. The molecule has 1 saturated carbocycles. The van der Waals surface area contributed by atoms with Gasteiger partial charge in [-0.3, -0.25) is 0 Å². The number of hydrogen-bond donors (Lipinski definition) is 1. The van der Waals surface area contributed by atoms with Gasteiger partial charge in [0.05, 0.1) is 11.2 Å². The van der Waals surface area contributed by atoms with Crippen molar-refractivity contribution in [2.45, 2.75) is 38.5 Å². The molecule has 0 amide bonds. The molecule has 0 unspecified atom stereocenters. The van der Waals surface area contributed by atoms with Gasteiger partial charge in [-0.15, -0.1) is 0 Å². The van der Waals surface area contributed by atoms with Crippen LogP contribution in [0.2, 0.25) is 0 Å². The summed E-state index contributed by atoms with van der Waals surface area (Å²) in [5.41, 5.74) is -0.444. The molecule has 1 aromatic carbocycles. The summed E-state index contributed by atoms with van der Waals surface area (Å²) < 4.78 is 37.5. The van der Waals surface area contributed by atoms with Crippen LogP contribution >= 0.6 is 0 Å². The zero-order valence-electron chi connectivity index (χ0n) is 9.80. The van der Waals surface area contributed by atoms with Crippen LogP contribution in [0.15, 0.2) is 18.2 Å². The predicted octanol–water partition coefficient (Wildman–Crippen LogP) is 3.63. The van der Waals surface area contributed by atoms with Gasteiger partial charge >= 0.3 is 6.18 Å². The van der Waals surface area contributed by atoms with Crippen molar-refractivity contribution >= 4 is 0 Å². The van der Waals surface area contributed by atoms with Crippen LogP contribution in [0.4, 0.5) is 13.2 Å². The van der Waals surface area contributed by atoms with E-state index in [2.05, 4.69) is 0 Å². The molecular formula is C13H15F3O. The van der Waals surface area contributed by atoms with E-state index in [0.29, 0.717) is 29.9 Å². The molecule has 2 rings (SSSR count). The van der Waals surface area contributed by atoms with Crippen LogP contribution in [-0.4, -0.2) is 5.11 Å². The van der Waals surface area contributed by atoms with Crippen LogP contribution < -0.4 is 0 Å². The molecule has 1 N–H and O–H groups in total. The minimum atomic E-state index is -4.32. The van der Waals surface area contributed by atoms with Gasteiger partial charge in [-0.05, 0) is 48.9 Å². The molecule has 0 bridgehead atoms. The number of aryl methyl sites for hydroxylation is 1. The molecule has 0 heterocycles. The van der Waals surface area contributed by atoms with Gasteiger partial charge in [-0.25, -0.2) is 0 Å². The van der Waals surface area contributed by atoms with Gasteiger partial charge in [0.2, 0.25) is 0 Å². The van der Waals surface area contributed by atoms with Gasteiger partial charge in [0.25, 0.3) is 0 Å². The molecule has 0 aliphatic heterocycles. The molecule has 1 aliphatic carbocycles. The Morgan fingerprint density at radius 1 is 1.29 bits per heavy atom. The summed E-state index contributed by atoms with van der Waals surface area (Å²) in [5, 5.41) is 10.2. The lowest BCUT2D eigenvalue weighted by molar-refractivity contribution is -0.137. The van der Waals surface area contributed by atoms with Gasteiger partial charge in [0.15, 0.2) is 0 Å². The SMILES string of the molecule is Cc1cc(C(F)(F)F)ccc1C1(O)CC(C)C1. The average molecular weight is 244 g/mol. The second kappa shape index (κ2) is 3.73. The maximum absolute atomic E-state index is 12.5. The molecule has 94 valence electrons. The Kier molecular flexibility index (Phi) is 2.73. The zero-order valence-corrected chi connectivity index (χ0v) is 9.80. The van der Waals surface area contributed by atoms with Crippen molar-refractivity contribution < 1.29 is 18.3 Å². The maximum atomic E-state index is 12.5. The van der Waals surface area contributed by atoms with Crippen molar-refractivity contribution in [3.8, 4) is 0 Å². The van der Waals surface area contributed by atoms with Crippen LogP contribution in [0.5, 0.6) is 0 Å². The molecule has 0 aromatic heterocycles. The largest absolute Gasteiger partial charge is 0.416 e. The highest BCUT2D eigenvalue weighted by molar-refractivity contribution is 5.37. The van der Waals surface area contributed by atoms with Crippen molar-refractivity contribution in [1.29, 1.82) is 0 Å². The maximum Gasteiger partial charge on any atom is 0.416 e. The van der Waals surface area contributed by atoms with Gasteiger partial charge in [-0.2, -0.15) is 13.2 Å². The number of aliphatic hydroxyl groups is 1. The summed E-state index contributed by atoms with van der Waals surface area (Å²) in [5.74, 6) is 0.432. The molecular weight excluding hydrogens is 229 g/mol. The normalized spacial score (nSPS) is 28.9. The molecule has 0 spiro atoms. The first-order valence-corrected chi connectivity index (χ1v) is 5.63. The molecule has 1 nitrogen and oxygen atoms in total. The Balaban J connectivity index is 2.33. The molecule has 4 heteroatoms. The summed E-state index contributed by atoms with van der Waals surface area (Å²) in [7, 11) is 0. The summed E-state index contributed by atoms with van der Waals surface area (Å²) in [6.07, 6.45) is -3.07. The molecule has 1 aliphatic rings. The monoisotopic (exact) mass is 244 g/mol. The van der Waals surface area contributed by atoms with Gasteiger partial charge in [-0.1, -0.05) is 13.0 Å². The number of halogens is 3. The fraction of sp³-hybridized carbons (Fsp3) is 0.538. The van der Waals surface area contributed by atoms with Crippen LogP contribution in [0.25, 0.3) is 0 Å². The summed E-state index contributed by atoms with van der Waals surface area (Å²) >= 11 is 0. The quantitative estimate of drug-likeness (QED) is 0.799. The first kappa shape index (κ1) is 12.4. The van der Waals surface area contributed by atoms with Crippen LogP contribution in [-0.2, 0) is 11.8 Å². The Morgan fingerprint density at radius 2 is 1.88 bits per heavy atom. The van der Waals surface area contributed by atoms with Crippen molar-refractivity contribution in [3.63, 3.8) is 0 Å². The second-order valence-corrected chi connectivity index (χ2v) is 5.07. The number of hydrogen-bond acceptors (Lipinski definition) is 1. The first-order chi connectivity index (χ1) is 7.72. The van der Waals surface area contributed by atoms with Gasteiger partial charge in [0, 0.05) is 0 Å². The van der Waals surface area contributed by atoms with E-state index in [9.17, 15) is 18.3 Å². The van der Waals surface area contributed by atoms with E-state index in [1.807, 2.05) is 6.92 Å². The lowest BCUT2D eigenvalue weighted by Gasteiger charge is -2.43. The molecule has 1 fully saturated rings. The third kappa shape index (κ3) is 2.18. The highest BCUT2D eigenvalue weighted by atomic mass is 19.4. The minimum absolute atomic E-state index is 0.432. The van der Waals surface area contributed by atoms with Crippen molar-refractivity contribution in [3.05, 3.63) is 34.9 Å². The summed E-state index contributed by atoms with van der Waals surface area (Å²) in [6, 6.07) is 3.56. The predicted molar refractivity (Wildman–Crippen MR) is 58.5 cm³/mol.